The molecule has 0 aliphatic rings. The second kappa shape index (κ2) is 7.64. The van der Waals surface area contributed by atoms with Crippen molar-refractivity contribution in [1.29, 1.82) is 0 Å². The van der Waals surface area contributed by atoms with Crippen molar-refractivity contribution in [3.63, 3.8) is 0 Å². The molecule has 0 unspecified atom stereocenters. The Bertz CT molecular complexity index is 1400. The van der Waals surface area contributed by atoms with Gasteiger partial charge in [-0.15, -0.1) is 0 Å². The minimum atomic E-state index is -0.209. The molecular weight excluding hydrogens is 390 g/mol. The van der Waals surface area contributed by atoms with Gasteiger partial charge >= 0.3 is 5.69 Å². The van der Waals surface area contributed by atoms with Gasteiger partial charge in [0, 0.05) is 5.56 Å². The van der Waals surface area contributed by atoms with E-state index in [1.54, 1.807) is 21.8 Å². The van der Waals surface area contributed by atoms with Crippen molar-refractivity contribution < 1.29 is 0 Å². The molecule has 0 saturated carbocycles. The molecule has 0 spiro atoms. The molecule has 31 heavy (non-hydrogen) atoms. The third-order valence-electron chi connectivity index (χ3n) is 5.30. The van der Waals surface area contributed by atoms with Gasteiger partial charge in [-0.05, 0) is 29.2 Å². The van der Waals surface area contributed by atoms with Gasteiger partial charge in [-0.2, -0.15) is 5.10 Å². The Hall–Kier alpha value is -4.07. The van der Waals surface area contributed by atoms with E-state index in [0.29, 0.717) is 29.5 Å². The predicted molar refractivity (Wildman–Crippen MR) is 118 cm³/mol. The van der Waals surface area contributed by atoms with Gasteiger partial charge in [0.15, 0.2) is 11.5 Å². The molecule has 2 aromatic carbocycles. The lowest BCUT2D eigenvalue weighted by atomic mass is 9.97. The molecule has 1 N–H and O–H groups in total. The van der Waals surface area contributed by atoms with Crippen molar-refractivity contribution in [3.05, 3.63) is 89.0 Å². The van der Waals surface area contributed by atoms with Crippen LogP contribution >= 0.6 is 0 Å². The smallest absolute Gasteiger partial charge is 0.303 e. The Kier molecular flexibility index (Phi) is 4.66. The average molecular weight is 411 g/mol. The molecule has 0 fully saturated rings. The van der Waals surface area contributed by atoms with Crippen LogP contribution in [0.25, 0.3) is 28.2 Å². The molecule has 8 nitrogen and oxygen atoms in total. The fourth-order valence-electron chi connectivity index (χ4n) is 3.70. The largest absolute Gasteiger partial charge is 0.328 e. The quantitative estimate of drug-likeness (QED) is 0.477. The second-order valence-corrected chi connectivity index (χ2v) is 7.70. The zero-order valence-electron chi connectivity index (χ0n) is 17.2. The number of imidazole rings is 1. The zero-order chi connectivity index (χ0) is 21.4. The molecule has 3 aromatic heterocycles. The number of hydrogen-bond acceptors (Lipinski definition) is 5. The summed E-state index contributed by atoms with van der Waals surface area (Å²) < 4.78 is 3.33. The second-order valence-electron chi connectivity index (χ2n) is 7.70. The van der Waals surface area contributed by atoms with Crippen LogP contribution in [0.4, 0.5) is 0 Å². The van der Waals surface area contributed by atoms with E-state index >= 15 is 0 Å². The molecule has 3 heterocycles. The van der Waals surface area contributed by atoms with Crippen LogP contribution in [0.3, 0.4) is 0 Å². The fraction of sp³-hybridized carbons (Fsp3) is 0.174. The average Bonchev–Trinajstić information content (AvgIpc) is 3.43. The van der Waals surface area contributed by atoms with Crippen molar-refractivity contribution in [2.75, 3.05) is 0 Å². The third kappa shape index (κ3) is 3.52. The van der Waals surface area contributed by atoms with Gasteiger partial charge in [0.05, 0.1) is 18.4 Å². The van der Waals surface area contributed by atoms with Crippen molar-refractivity contribution >= 4 is 11.2 Å². The van der Waals surface area contributed by atoms with Crippen LogP contribution in [0.1, 0.15) is 30.9 Å². The van der Waals surface area contributed by atoms with Gasteiger partial charge < -0.3 is 4.98 Å². The summed E-state index contributed by atoms with van der Waals surface area (Å²) in [5, 5.41) is 4.13. The molecule has 5 rings (SSSR count). The van der Waals surface area contributed by atoms with E-state index < -0.39 is 0 Å². The molecule has 8 heteroatoms. The first kappa shape index (κ1) is 18.9. The number of nitrogens with one attached hydrogen (secondary N) is 1. The number of fused-ring (bicyclic) bond motifs is 1. The number of nitrogens with zero attached hydrogens (tertiary/aromatic N) is 6. The van der Waals surface area contributed by atoms with Crippen LogP contribution in [0, 0.1) is 0 Å². The summed E-state index contributed by atoms with van der Waals surface area (Å²) in [5.41, 5.74) is 5.05. The highest BCUT2D eigenvalue weighted by Crippen LogP contribution is 2.27. The molecule has 154 valence electrons. The van der Waals surface area contributed by atoms with E-state index in [1.807, 2.05) is 42.5 Å². The van der Waals surface area contributed by atoms with Crippen molar-refractivity contribution in [1.82, 2.24) is 34.3 Å². The number of aromatic amines is 1. The molecule has 0 atom stereocenters. The molecule has 0 saturated heterocycles. The Morgan fingerprint density at radius 1 is 1.06 bits per heavy atom. The molecule has 0 bridgehead atoms. The van der Waals surface area contributed by atoms with Crippen molar-refractivity contribution in [2.24, 2.45) is 0 Å². The van der Waals surface area contributed by atoms with Crippen LogP contribution in [0.15, 0.2) is 72.2 Å². The standard InChI is InChI=1S/C23H21N7O/c1-15(2)18-5-3-4-6-19(18)21-25-11-20-22(28-21)29(23(31)27-20)12-16-7-9-17(10-8-16)30-14-24-13-26-30/h3-11,13-15H,12H2,1-2H3,(H,27,31). The molecular formula is C23H21N7O. The summed E-state index contributed by atoms with van der Waals surface area (Å²) in [6, 6.07) is 16.0. The number of benzene rings is 2. The summed E-state index contributed by atoms with van der Waals surface area (Å²) in [6.07, 6.45) is 4.82. The maximum absolute atomic E-state index is 12.6. The Morgan fingerprint density at radius 3 is 2.61 bits per heavy atom. The summed E-state index contributed by atoms with van der Waals surface area (Å²) in [4.78, 5) is 28.7. The number of H-pyrrole nitrogens is 1. The Morgan fingerprint density at radius 2 is 1.87 bits per heavy atom. The first-order chi connectivity index (χ1) is 15.1. The van der Waals surface area contributed by atoms with Crippen LogP contribution in [0.2, 0.25) is 0 Å². The summed E-state index contributed by atoms with van der Waals surface area (Å²) in [7, 11) is 0. The minimum Gasteiger partial charge on any atom is -0.303 e. The first-order valence-corrected chi connectivity index (χ1v) is 10.1. The topological polar surface area (TPSA) is 94.3 Å². The van der Waals surface area contributed by atoms with E-state index in [1.165, 1.54) is 11.9 Å². The Labute approximate surface area is 178 Å². The highest BCUT2D eigenvalue weighted by atomic mass is 16.1. The SMILES string of the molecule is CC(C)c1ccccc1-c1ncc2[nH]c(=O)n(Cc3ccc(-n4cncn4)cc3)c2n1. The van der Waals surface area contributed by atoms with E-state index in [0.717, 1.165) is 16.8 Å². The lowest BCUT2D eigenvalue weighted by Crippen LogP contribution is -2.17. The van der Waals surface area contributed by atoms with Crippen molar-refractivity contribution in [2.45, 2.75) is 26.3 Å². The van der Waals surface area contributed by atoms with E-state index in [-0.39, 0.29) is 5.69 Å². The monoisotopic (exact) mass is 411 g/mol. The zero-order valence-corrected chi connectivity index (χ0v) is 17.2. The van der Waals surface area contributed by atoms with E-state index in [9.17, 15) is 4.79 Å². The van der Waals surface area contributed by atoms with Gasteiger partial charge in [-0.25, -0.2) is 24.4 Å². The van der Waals surface area contributed by atoms with Crippen LogP contribution in [-0.4, -0.2) is 34.3 Å². The third-order valence-corrected chi connectivity index (χ3v) is 5.30. The van der Waals surface area contributed by atoms with Crippen LogP contribution in [-0.2, 0) is 6.54 Å². The number of hydrogen-bond donors (Lipinski definition) is 1. The normalized spacial score (nSPS) is 11.5. The van der Waals surface area contributed by atoms with Gasteiger partial charge in [0.2, 0.25) is 0 Å². The van der Waals surface area contributed by atoms with Crippen molar-refractivity contribution in [3.8, 4) is 17.1 Å². The number of rotatable bonds is 5. The molecule has 0 aliphatic heterocycles. The number of aromatic nitrogens is 7. The summed E-state index contributed by atoms with van der Waals surface area (Å²) >= 11 is 0. The molecule has 0 aliphatic carbocycles. The van der Waals surface area contributed by atoms with Crippen LogP contribution in [0.5, 0.6) is 0 Å². The fourth-order valence-corrected chi connectivity index (χ4v) is 3.70. The maximum Gasteiger partial charge on any atom is 0.328 e. The van der Waals surface area contributed by atoms with E-state index in [2.05, 4.69) is 40.0 Å². The van der Waals surface area contributed by atoms with Gasteiger partial charge in [-0.1, -0.05) is 50.2 Å². The van der Waals surface area contributed by atoms with Crippen LogP contribution < -0.4 is 5.69 Å². The van der Waals surface area contributed by atoms with Gasteiger partial charge in [0.25, 0.3) is 0 Å². The predicted octanol–water partition coefficient (Wildman–Crippen LogP) is 3.54. The molecule has 0 amide bonds. The lowest BCUT2D eigenvalue weighted by Gasteiger charge is -2.11. The van der Waals surface area contributed by atoms with Gasteiger partial charge in [-0.3, -0.25) is 4.57 Å². The van der Waals surface area contributed by atoms with Gasteiger partial charge in [0.1, 0.15) is 18.2 Å². The highest BCUT2D eigenvalue weighted by molar-refractivity contribution is 5.73. The first-order valence-electron chi connectivity index (χ1n) is 10.1. The molecule has 0 radical (unpaired) electrons. The van der Waals surface area contributed by atoms with E-state index in [4.69, 9.17) is 4.98 Å². The minimum absolute atomic E-state index is 0.209. The lowest BCUT2D eigenvalue weighted by molar-refractivity contribution is 0.776. The maximum atomic E-state index is 12.6. The summed E-state index contributed by atoms with van der Waals surface area (Å²) in [5.74, 6) is 0.957. The summed E-state index contributed by atoms with van der Waals surface area (Å²) in [6.45, 7) is 4.69. The Balaban J connectivity index is 1.53. The molecule has 5 aromatic rings. The highest BCUT2D eigenvalue weighted by Gasteiger charge is 2.14.